The number of carbonyl (C=O) groups excluding carboxylic acids is 1. The first kappa shape index (κ1) is 21.5. The summed E-state index contributed by atoms with van der Waals surface area (Å²) < 4.78 is 7.50. The van der Waals surface area contributed by atoms with Crippen LogP contribution in [0.4, 0.5) is 0 Å². The van der Waals surface area contributed by atoms with Crippen LogP contribution in [0.2, 0.25) is 10.0 Å². The molecular weight excluding hydrogens is 431 g/mol. The van der Waals surface area contributed by atoms with E-state index in [1.165, 1.54) is 11.8 Å². The largest absolute Gasteiger partial charge is 0.484 e. The lowest BCUT2D eigenvalue weighted by Crippen LogP contribution is -2.27. The molecule has 0 fully saturated rings. The van der Waals surface area contributed by atoms with Gasteiger partial charge in [0, 0.05) is 18.6 Å². The molecule has 0 bridgehead atoms. The van der Waals surface area contributed by atoms with Crippen LogP contribution in [0.1, 0.15) is 11.4 Å². The van der Waals surface area contributed by atoms with Crippen LogP contribution in [0.15, 0.2) is 53.7 Å². The second-order valence-corrected chi connectivity index (χ2v) is 7.98. The van der Waals surface area contributed by atoms with Crippen molar-refractivity contribution in [2.75, 3.05) is 12.3 Å². The van der Waals surface area contributed by atoms with Gasteiger partial charge in [0.2, 0.25) is 5.91 Å². The molecule has 0 saturated carbocycles. The van der Waals surface area contributed by atoms with Gasteiger partial charge in [-0.2, -0.15) is 0 Å². The average molecular weight is 451 g/mol. The molecule has 29 heavy (non-hydrogen) atoms. The lowest BCUT2D eigenvalue weighted by atomic mass is 10.1. The number of thioether (sulfide) groups is 1. The Labute approximate surface area is 183 Å². The van der Waals surface area contributed by atoms with E-state index in [-0.39, 0.29) is 18.3 Å². The zero-order chi connectivity index (χ0) is 20.6. The topological polar surface area (TPSA) is 69.0 Å². The lowest BCUT2D eigenvalue weighted by Gasteiger charge is -2.08. The van der Waals surface area contributed by atoms with Crippen LogP contribution in [0.3, 0.4) is 0 Å². The fourth-order valence-electron chi connectivity index (χ4n) is 2.48. The maximum Gasteiger partial charge on any atom is 0.230 e. The Kier molecular flexibility index (Phi) is 7.80. The Balaban J connectivity index is 1.43. The molecule has 0 spiro atoms. The molecule has 0 atom stereocenters. The van der Waals surface area contributed by atoms with E-state index in [0.29, 0.717) is 33.3 Å². The number of halogens is 2. The molecule has 3 aromatic rings. The SMILES string of the molecule is Cn1c(COc2ccccc2Cl)nnc1SCC(=O)NCCc1ccc(Cl)cc1. The highest BCUT2D eigenvalue weighted by Gasteiger charge is 2.12. The predicted molar refractivity (Wildman–Crippen MR) is 116 cm³/mol. The number of para-hydroxylation sites is 1. The minimum atomic E-state index is -0.0548. The molecule has 0 aliphatic rings. The molecule has 6 nitrogen and oxygen atoms in total. The summed E-state index contributed by atoms with van der Waals surface area (Å²) in [5.41, 5.74) is 1.12. The van der Waals surface area contributed by atoms with Gasteiger partial charge in [0.1, 0.15) is 12.4 Å². The van der Waals surface area contributed by atoms with Gasteiger partial charge in [0.25, 0.3) is 0 Å². The van der Waals surface area contributed by atoms with E-state index in [2.05, 4.69) is 15.5 Å². The summed E-state index contributed by atoms with van der Waals surface area (Å²) in [5, 5.41) is 13.1. The van der Waals surface area contributed by atoms with Gasteiger partial charge in [-0.3, -0.25) is 4.79 Å². The molecule has 1 heterocycles. The van der Waals surface area contributed by atoms with E-state index in [0.717, 1.165) is 12.0 Å². The van der Waals surface area contributed by atoms with Crippen LogP contribution in [-0.2, 0) is 24.9 Å². The summed E-state index contributed by atoms with van der Waals surface area (Å²) in [6.45, 7) is 0.803. The first-order valence-corrected chi connectivity index (χ1v) is 10.7. The lowest BCUT2D eigenvalue weighted by molar-refractivity contribution is -0.118. The number of rotatable bonds is 9. The first-order valence-electron chi connectivity index (χ1n) is 8.92. The van der Waals surface area contributed by atoms with Gasteiger partial charge >= 0.3 is 0 Å². The third-order valence-electron chi connectivity index (χ3n) is 4.10. The molecule has 9 heteroatoms. The van der Waals surface area contributed by atoms with Crippen molar-refractivity contribution in [3.63, 3.8) is 0 Å². The number of nitrogens with one attached hydrogen (secondary N) is 1. The second kappa shape index (κ2) is 10.5. The fourth-order valence-corrected chi connectivity index (χ4v) is 3.56. The molecule has 0 unspecified atom stereocenters. The molecule has 0 aliphatic carbocycles. The van der Waals surface area contributed by atoms with Crippen LogP contribution >= 0.6 is 35.0 Å². The van der Waals surface area contributed by atoms with E-state index in [9.17, 15) is 4.79 Å². The Morgan fingerprint density at radius 2 is 1.90 bits per heavy atom. The fraction of sp³-hybridized carbons (Fsp3) is 0.250. The minimum Gasteiger partial charge on any atom is -0.484 e. The van der Waals surface area contributed by atoms with Gasteiger partial charge < -0.3 is 14.6 Å². The molecule has 1 aromatic heterocycles. The number of ether oxygens (including phenoxy) is 1. The second-order valence-electron chi connectivity index (χ2n) is 6.19. The van der Waals surface area contributed by atoms with Crippen molar-refractivity contribution in [2.24, 2.45) is 7.05 Å². The summed E-state index contributed by atoms with van der Waals surface area (Å²) in [6.07, 6.45) is 0.751. The van der Waals surface area contributed by atoms with E-state index in [1.54, 1.807) is 12.1 Å². The number of nitrogens with zero attached hydrogens (tertiary/aromatic N) is 3. The third kappa shape index (κ3) is 6.39. The molecule has 1 amide bonds. The molecule has 152 valence electrons. The maximum absolute atomic E-state index is 12.1. The van der Waals surface area contributed by atoms with Gasteiger partial charge in [-0.25, -0.2) is 0 Å². The van der Waals surface area contributed by atoms with Crippen LogP contribution in [0, 0.1) is 0 Å². The predicted octanol–water partition coefficient (Wildman–Crippen LogP) is 4.15. The average Bonchev–Trinajstić information content (AvgIpc) is 3.07. The number of benzene rings is 2. The zero-order valence-electron chi connectivity index (χ0n) is 15.8. The van der Waals surface area contributed by atoms with Gasteiger partial charge in [-0.15, -0.1) is 10.2 Å². The normalized spacial score (nSPS) is 10.7. The summed E-state index contributed by atoms with van der Waals surface area (Å²) in [6, 6.07) is 14.8. The van der Waals surface area contributed by atoms with Crippen molar-refractivity contribution < 1.29 is 9.53 Å². The zero-order valence-corrected chi connectivity index (χ0v) is 18.1. The van der Waals surface area contributed by atoms with Crippen molar-refractivity contribution >= 4 is 40.9 Å². The van der Waals surface area contributed by atoms with Crippen molar-refractivity contribution in [2.45, 2.75) is 18.2 Å². The molecule has 0 radical (unpaired) electrons. The molecule has 0 saturated heterocycles. The van der Waals surface area contributed by atoms with Crippen molar-refractivity contribution in [1.29, 1.82) is 0 Å². The summed E-state index contributed by atoms with van der Waals surface area (Å²) in [7, 11) is 1.84. The highest BCUT2D eigenvalue weighted by molar-refractivity contribution is 7.99. The maximum atomic E-state index is 12.1. The molecular formula is C20H20Cl2N4O2S. The van der Waals surface area contributed by atoms with Crippen molar-refractivity contribution in [1.82, 2.24) is 20.1 Å². The molecule has 0 aliphatic heterocycles. The number of carbonyl (C=O) groups is 1. The van der Waals surface area contributed by atoms with E-state index in [1.807, 2.05) is 48.0 Å². The third-order valence-corrected chi connectivity index (χ3v) is 5.68. The van der Waals surface area contributed by atoms with Crippen molar-refractivity contribution in [3.8, 4) is 5.75 Å². The standard InChI is InChI=1S/C20H20Cl2N4O2S/c1-26-18(12-28-17-5-3-2-4-16(17)22)24-25-20(26)29-13-19(27)23-11-10-14-6-8-15(21)9-7-14/h2-9H,10-13H2,1H3,(H,23,27). The smallest absolute Gasteiger partial charge is 0.230 e. The van der Waals surface area contributed by atoms with Gasteiger partial charge in [0.15, 0.2) is 11.0 Å². The van der Waals surface area contributed by atoms with Crippen molar-refractivity contribution in [3.05, 3.63) is 70.0 Å². The number of hydrogen-bond donors (Lipinski definition) is 1. The molecule has 2 aromatic carbocycles. The number of aromatic nitrogens is 3. The van der Waals surface area contributed by atoms with Crippen LogP contribution < -0.4 is 10.1 Å². The highest BCUT2D eigenvalue weighted by atomic mass is 35.5. The Bertz CT molecular complexity index is 963. The highest BCUT2D eigenvalue weighted by Crippen LogP contribution is 2.24. The summed E-state index contributed by atoms with van der Waals surface area (Å²) >= 11 is 13.3. The van der Waals surface area contributed by atoms with Crippen LogP contribution in [-0.4, -0.2) is 33.0 Å². The van der Waals surface area contributed by atoms with Gasteiger partial charge in [-0.1, -0.05) is 59.2 Å². The summed E-state index contributed by atoms with van der Waals surface area (Å²) in [4.78, 5) is 12.1. The molecule has 1 N–H and O–H groups in total. The number of hydrogen-bond acceptors (Lipinski definition) is 5. The quantitative estimate of drug-likeness (QED) is 0.495. The van der Waals surface area contributed by atoms with E-state index < -0.39 is 0 Å². The Morgan fingerprint density at radius 3 is 2.66 bits per heavy atom. The Morgan fingerprint density at radius 1 is 1.14 bits per heavy atom. The Hall–Kier alpha value is -2.22. The minimum absolute atomic E-state index is 0.0548. The van der Waals surface area contributed by atoms with Crippen LogP contribution in [0.25, 0.3) is 0 Å². The molecule has 3 rings (SSSR count). The van der Waals surface area contributed by atoms with Crippen LogP contribution in [0.5, 0.6) is 5.75 Å². The summed E-state index contributed by atoms with van der Waals surface area (Å²) in [5.74, 6) is 1.45. The van der Waals surface area contributed by atoms with E-state index in [4.69, 9.17) is 27.9 Å². The van der Waals surface area contributed by atoms with Gasteiger partial charge in [-0.05, 0) is 36.2 Å². The number of amides is 1. The van der Waals surface area contributed by atoms with E-state index >= 15 is 0 Å². The monoisotopic (exact) mass is 450 g/mol. The first-order chi connectivity index (χ1) is 14.0. The van der Waals surface area contributed by atoms with Gasteiger partial charge in [0.05, 0.1) is 10.8 Å².